The molecular formula is C64H85N. The number of para-hydroxylation sites is 2. The highest BCUT2D eigenvalue weighted by atomic mass is 14.9. The summed E-state index contributed by atoms with van der Waals surface area (Å²) in [6, 6.07) is 68.2. The molecule has 1 aromatic heterocycles. The average Bonchev–Trinajstić information content (AvgIpc) is 3.96. The second-order valence-electron chi connectivity index (χ2n) is 12.5. The van der Waals surface area contributed by atoms with Crippen LogP contribution in [0.4, 0.5) is 0 Å². The summed E-state index contributed by atoms with van der Waals surface area (Å²) in [5.41, 5.74) is 8.35. The summed E-state index contributed by atoms with van der Waals surface area (Å²) >= 11 is 0. The predicted molar refractivity (Wildman–Crippen MR) is 302 cm³/mol. The van der Waals surface area contributed by atoms with Gasteiger partial charge in [0.25, 0.3) is 0 Å². The van der Waals surface area contributed by atoms with Crippen LogP contribution in [0.3, 0.4) is 0 Å². The lowest BCUT2D eigenvalue weighted by atomic mass is 9.95. The van der Waals surface area contributed by atoms with E-state index in [1.54, 1.807) is 0 Å². The summed E-state index contributed by atoms with van der Waals surface area (Å²) in [6.07, 6.45) is 1.10. The van der Waals surface area contributed by atoms with E-state index in [-0.39, 0.29) is 0 Å². The Hall–Kier alpha value is -6.18. The van der Waals surface area contributed by atoms with Crippen molar-refractivity contribution in [3.05, 3.63) is 205 Å². The Labute approximate surface area is 397 Å². The van der Waals surface area contributed by atoms with Gasteiger partial charge in [0, 0.05) is 28.9 Å². The van der Waals surface area contributed by atoms with E-state index in [2.05, 4.69) is 169 Å². The third kappa shape index (κ3) is 16.1. The number of hydrogen-bond acceptors (Lipinski definition) is 0. The molecular weight excluding hydrogens is 783 g/mol. The highest BCUT2D eigenvalue weighted by Gasteiger charge is 2.16. The lowest BCUT2D eigenvalue weighted by Crippen LogP contribution is -1.84. The van der Waals surface area contributed by atoms with Crippen LogP contribution in [0.15, 0.2) is 194 Å². The minimum Gasteiger partial charge on any atom is -0.344 e. The van der Waals surface area contributed by atoms with Gasteiger partial charge in [-0.1, -0.05) is 293 Å². The molecule has 0 aliphatic heterocycles. The molecule has 9 aromatic carbocycles. The number of aryl methyl sites for hydroxylation is 1. The van der Waals surface area contributed by atoms with E-state index in [1.165, 1.54) is 76.4 Å². The molecule has 0 bridgehead atoms. The summed E-state index contributed by atoms with van der Waals surface area (Å²) in [7, 11) is 2.12. The van der Waals surface area contributed by atoms with Crippen molar-refractivity contribution in [1.29, 1.82) is 0 Å². The van der Waals surface area contributed by atoms with Crippen molar-refractivity contribution >= 4 is 54.1 Å². The molecule has 1 heteroatoms. The Bertz CT molecular complexity index is 2390. The van der Waals surface area contributed by atoms with Gasteiger partial charge < -0.3 is 4.57 Å². The first-order valence-corrected chi connectivity index (χ1v) is 25.0. The third-order valence-corrected chi connectivity index (χ3v) is 9.59. The van der Waals surface area contributed by atoms with Gasteiger partial charge in [-0.2, -0.15) is 0 Å². The van der Waals surface area contributed by atoms with E-state index < -0.39 is 0 Å². The van der Waals surface area contributed by atoms with E-state index in [0.717, 1.165) is 6.42 Å². The molecule has 0 radical (unpaired) electrons. The van der Waals surface area contributed by atoms with E-state index in [0.29, 0.717) is 0 Å². The van der Waals surface area contributed by atoms with Gasteiger partial charge in [-0.3, -0.25) is 0 Å². The summed E-state index contributed by atoms with van der Waals surface area (Å²) in [4.78, 5) is 0. The Kier molecular flexibility index (Phi) is 32.7. The fourth-order valence-corrected chi connectivity index (χ4v) is 7.25. The van der Waals surface area contributed by atoms with Gasteiger partial charge in [-0.25, -0.2) is 0 Å². The maximum Gasteiger partial charge on any atom is 0.0488 e. The second kappa shape index (κ2) is 36.2. The normalized spacial score (nSPS) is 9.25. The summed E-state index contributed by atoms with van der Waals surface area (Å²) in [6.45, 7) is 32.0. The Balaban J connectivity index is 0.000000780. The number of benzene rings is 9. The van der Waals surface area contributed by atoms with Crippen LogP contribution in [-0.4, -0.2) is 4.57 Å². The molecule has 0 saturated carbocycles. The topological polar surface area (TPSA) is 4.93 Å². The first kappa shape index (κ1) is 58.8. The minimum atomic E-state index is 1.10. The standard InChI is InChI=1S/C16H10.C13H11N.C13H10.C6H6.8C2H6/c1-3-11-7-9-13-5-2-6-14-10-8-12(4-1)15(11)16(13)14;1-14-12-8-4-2-6-10(12)11-7-3-5-9-13(11)14;1-3-7-12-10(5-1)9-11-6-2-4-8-13(11)12;1-2-4-6-5-3-1;8*1-2/h1-10H;2-9H,1H3;1-8H,9H2;1-6H;8*1-2H3. The number of aromatic nitrogens is 1. The first-order valence-electron chi connectivity index (χ1n) is 25.0. The lowest BCUT2D eigenvalue weighted by molar-refractivity contribution is 1.01. The lowest BCUT2D eigenvalue weighted by Gasteiger charge is -2.09. The van der Waals surface area contributed by atoms with Crippen molar-refractivity contribution in [3.63, 3.8) is 0 Å². The molecule has 65 heavy (non-hydrogen) atoms. The first-order chi connectivity index (χ1) is 32.3. The largest absolute Gasteiger partial charge is 0.344 e. The van der Waals surface area contributed by atoms with Crippen LogP contribution < -0.4 is 0 Å². The zero-order valence-electron chi connectivity index (χ0n) is 43.6. The number of fused-ring (bicyclic) bond motifs is 6. The number of nitrogens with zero attached hydrogens (tertiary/aromatic N) is 1. The summed E-state index contributed by atoms with van der Waals surface area (Å²) in [5, 5.41) is 10.8. The molecule has 0 amide bonds. The zero-order valence-corrected chi connectivity index (χ0v) is 43.6. The van der Waals surface area contributed by atoms with Crippen LogP contribution in [0.2, 0.25) is 0 Å². The molecule has 11 rings (SSSR count). The smallest absolute Gasteiger partial charge is 0.0488 e. The molecule has 1 heterocycles. The molecule has 0 N–H and O–H groups in total. The zero-order chi connectivity index (χ0) is 49.0. The molecule has 1 aliphatic rings. The predicted octanol–water partition coefficient (Wildman–Crippen LogP) is 21.1. The maximum absolute atomic E-state index is 2.24. The quantitative estimate of drug-likeness (QED) is 0.134. The monoisotopic (exact) mass is 868 g/mol. The van der Waals surface area contributed by atoms with Gasteiger partial charge in [-0.15, -0.1) is 0 Å². The molecule has 1 nitrogen and oxygen atoms in total. The van der Waals surface area contributed by atoms with E-state index in [4.69, 9.17) is 0 Å². The van der Waals surface area contributed by atoms with Crippen LogP contribution in [-0.2, 0) is 13.5 Å². The van der Waals surface area contributed by atoms with Gasteiger partial charge in [0.2, 0.25) is 0 Å². The van der Waals surface area contributed by atoms with Crippen molar-refractivity contribution in [2.75, 3.05) is 0 Å². The second-order valence-corrected chi connectivity index (χ2v) is 12.5. The average molecular weight is 868 g/mol. The van der Waals surface area contributed by atoms with Crippen molar-refractivity contribution in [2.24, 2.45) is 7.05 Å². The van der Waals surface area contributed by atoms with Gasteiger partial charge in [0.1, 0.15) is 0 Å². The fraction of sp³-hybridized carbons (Fsp3) is 0.281. The third-order valence-electron chi connectivity index (χ3n) is 9.59. The van der Waals surface area contributed by atoms with Crippen LogP contribution in [0.1, 0.15) is 122 Å². The highest BCUT2D eigenvalue weighted by molar-refractivity contribution is 6.22. The van der Waals surface area contributed by atoms with Gasteiger partial charge in [0.15, 0.2) is 0 Å². The van der Waals surface area contributed by atoms with E-state index in [1.807, 2.05) is 147 Å². The molecule has 0 atom stereocenters. The minimum absolute atomic E-state index is 1.10. The molecule has 0 saturated heterocycles. The van der Waals surface area contributed by atoms with E-state index >= 15 is 0 Å². The van der Waals surface area contributed by atoms with E-state index in [9.17, 15) is 0 Å². The van der Waals surface area contributed by atoms with Crippen molar-refractivity contribution < 1.29 is 0 Å². The maximum atomic E-state index is 2.24. The Morgan fingerprint density at radius 2 is 0.523 bits per heavy atom. The van der Waals surface area contributed by atoms with Crippen molar-refractivity contribution in [2.45, 2.75) is 117 Å². The highest BCUT2D eigenvalue weighted by Crippen LogP contribution is 2.36. The van der Waals surface area contributed by atoms with Crippen molar-refractivity contribution in [3.8, 4) is 11.1 Å². The molecule has 1 aliphatic carbocycles. The molecule has 0 unspecified atom stereocenters. The summed E-state index contributed by atoms with van der Waals surface area (Å²) < 4.78 is 2.24. The molecule has 346 valence electrons. The van der Waals surface area contributed by atoms with Crippen molar-refractivity contribution in [1.82, 2.24) is 4.57 Å². The fourth-order valence-electron chi connectivity index (χ4n) is 7.25. The van der Waals surface area contributed by atoms with Gasteiger partial charge in [0.05, 0.1) is 0 Å². The van der Waals surface area contributed by atoms with Gasteiger partial charge >= 0.3 is 0 Å². The molecule has 0 spiro atoms. The van der Waals surface area contributed by atoms with Crippen LogP contribution in [0.5, 0.6) is 0 Å². The van der Waals surface area contributed by atoms with Gasteiger partial charge in [-0.05, 0) is 73.1 Å². The Morgan fingerprint density at radius 1 is 0.262 bits per heavy atom. The van der Waals surface area contributed by atoms with Crippen LogP contribution in [0, 0.1) is 0 Å². The van der Waals surface area contributed by atoms with Crippen LogP contribution >= 0.6 is 0 Å². The SMILES string of the molecule is CC.CC.CC.CC.CC.CC.CC.CC.Cn1c2ccccc2c2ccccc21.c1cc2ccc3cccc4ccc(c1)c2c34.c1ccc2c(c1)Cc1ccccc1-2.c1ccccc1. The Morgan fingerprint density at radius 3 is 0.831 bits per heavy atom. The number of hydrogen-bond donors (Lipinski definition) is 0. The summed E-state index contributed by atoms with van der Waals surface area (Å²) in [5.74, 6) is 0. The molecule has 0 fully saturated rings. The van der Waals surface area contributed by atoms with Crippen LogP contribution in [0.25, 0.3) is 65.3 Å². The number of rotatable bonds is 0. The molecule has 10 aromatic rings.